The van der Waals surface area contributed by atoms with Gasteiger partial charge >= 0.3 is 0 Å². The van der Waals surface area contributed by atoms with Crippen LogP contribution in [-0.4, -0.2) is 25.5 Å². The van der Waals surface area contributed by atoms with Gasteiger partial charge in [-0.05, 0) is 26.4 Å². The molecule has 0 bridgehead atoms. The maximum absolute atomic E-state index is 2.32. The van der Waals surface area contributed by atoms with Crippen LogP contribution in [0.3, 0.4) is 0 Å². The Balaban J connectivity index is 3.33. The number of allylic oxidation sites excluding steroid dienone is 1. The van der Waals surface area contributed by atoms with Crippen LogP contribution in [-0.2, 0) is 0 Å². The lowest BCUT2D eigenvalue weighted by molar-refractivity contribution is 0.454. The predicted molar refractivity (Wildman–Crippen MR) is 56.4 cm³/mol. The monoisotopic (exact) mass is 169 g/mol. The second-order valence-corrected chi connectivity index (χ2v) is 3.86. The summed E-state index contributed by atoms with van der Waals surface area (Å²) in [5.74, 6) is 0.855. The third-order valence-electron chi connectivity index (χ3n) is 1.96. The summed E-state index contributed by atoms with van der Waals surface area (Å²) in [4.78, 5) is 2.18. The predicted octanol–water partition coefficient (Wildman–Crippen LogP) is 2.93. The van der Waals surface area contributed by atoms with E-state index in [2.05, 4.69) is 45.0 Å². The van der Waals surface area contributed by atoms with Crippen molar-refractivity contribution >= 4 is 0 Å². The number of hydrogen-bond donors (Lipinski definition) is 0. The van der Waals surface area contributed by atoms with Gasteiger partial charge in [-0.25, -0.2) is 0 Å². The molecule has 0 N–H and O–H groups in total. The van der Waals surface area contributed by atoms with Crippen molar-refractivity contribution in [3.8, 4) is 0 Å². The number of nitrogens with zero attached hydrogens (tertiary/aromatic N) is 1. The maximum Gasteiger partial charge on any atom is 0.0157 e. The number of rotatable bonds is 6. The summed E-state index contributed by atoms with van der Waals surface area (Å²) in [5, 5.41) is 0. The summed E-state index contributed by atoms with van der Waals surface area (Å²) in [7, 11) is 4.19. The topological polar surface area (TPSA) is 3.24 Å². The highest BCUT2D eigenvalue weighted by atomic mass is 15.0. The fraction of sp³-hybridized carbons (Fsp3) is 0.818. The highest BCUT2D eigenvalue weighted by molar-refractivity contribution is 4.84. The van der Waals surface area contributed by atoms with E-state index in [0.29, 0.717) is 0 Å². The molecule has 0 saturated heterocycles. The molecule has 0 rings (SSSR count). The van der Waals surface area contributed by atoms with Gasteiger partial charge in [-0.2, -0.15) is 0 Å². The second kappa shape index (κ2) is 7.35. The van der Waals surface area contributed by atoms with E-state index >= 15 is 0 Å². The van der Waals surface area contributed by atoms with Crippen molar-refractivity contribution in [3.63, 3.8) is 0 Å². The van der Waals surface area contributed by atoms with Crippen LogP contribution in [0.1, 0.15) is 33.1 Å². The second-order valence-electron chi connectivity index (χ2n) is 3.86. The molecular formula is C11H23N. The van der Waals surface area contributed by atoms with E-state index in [1.54, 1.807) is 0 Å². The molecule has 72 valence electrons. The fourth-order valence-corrected chi connectivity index (χ4v) is 1.22. The Hall–Kier alpha value is -0.300. The van der Waals surface area contributed by atoms with Crippen LogP contribution in [0.2, 0.25) is 0 Å². The van der Waals surface area contributed by atoms with Gasteiger partial charge in [0.25, 0.3) is 0 Å². The van der Waals surface area contributed by atoms with Gasteiger partial charge in [0, 0.05) is 6.54 Å². The van der Waals surface area contributed by atoms with E-state index in [1.165, 1.54) is 19.3 Å². The van der Waals surface area contributed by atoms with Crippen LogP contribution in [0.4, 0.5) is 0 Å². The van der Waals surface area contributed by atoms with Gasteiger partial charge < -0.3 is 4.90 Å². The summed E-state index contributed by atoms with van der Waals surface area (Å²) >= 11 is 0. The molecule has 1 atom stereocenters. The van der Waals surface area contributed by atoms with E-state index in [0.717, 1.165) is 12.5 Å². The van der Waals surface area contributed by atoms with Gasteiger partial charge in [-0.1, -0.05) is 38.8 Å². The van der Waals surface area contributed by atoms with Gasteiger partial charge in [-0.15, -0.1) is 0 Å². The van der Waals surface area contributed by atoms with E-state index < -0.39 is 0 Å². The van der Waals surface area contributed by atoms with Crippen LogP contribution in [0, 0.1) is 5.92 Å². The summed E-state index contributed by atoms with van der Waals surface area (Å²) in [5.41, 5.74) is 0. The zero-order chi connectivity index (χ0) is 9.40. The number of hydrogen-bond acceptors (Lipinski definition) is 1. The zero-order valence-electron chi connectivity index (χ0n) is 9.01. The molecule has 1 nitrogen and oxygen atoms in total. The van der Waals surface area contributed by atoms with Gasteiger partial charge in [-0.3, -0.25) is 0 Å². The van der Waals surface area contributed by atoms with Crippen LogP contribution < -0.4 is 0 Å². The molecular weight excluding hydrogens is 146 g/mol. The van der Waals surface area contributed by atoms with Crippen LogP contribution >= 0.6 is 0 Å². The molecule has 0 aliphatic rings. The summed E-state index contributed by atoms with van der Waals surface area (Å²) < 4.78 is 0. The first-order valence-electron chi connectivity index (χ1n) is 4.96. The Labute approximate surface area is 77.5 Å². The molecule has 0 aliphatic heterocycles. The lowest BCUT2D eigenvalue weighted by atomic mass is 10.0. The molecule has 0 aromatic carbocycles. The van der Waals surface area contributed by atoms with E-state index in [9.17, 15) is 0 Å². The molecule has 0 fully saturated rings. The van der Waals surface area contributed by atoms with E-state index in [-0.39, 0.29) is 0 Å². The van der Waals surface area contributed by atoms with Crippen LogP contribution in [0.25, 0.3) is 0 Å². The minimum Gasteiger partial charge on any atom is -0.306 e. The number of likely N-dealkylation sites (N-methyl/N-ethyl adjacent to an activating group) is 1. The molecule has 0 aromatic heterocycles. The fourth-order valence-electron chi connectivity index (χ4n) is 1.22. The Morgan fingerprint density at radius 3 is 2.42 bits per heavy atom. The average molecular weight is 169 g/mol. The van der Waals surface area contributed by atoms with Gasteiger partial charge in [0.1, 0.15) is 0 Å². The lowest BCUT2D eigenvalue weighted by Gasteiger charge is -2.06. The van der Waals surface area contributed by atoms with Crippen molar-refractivity contribution in [3.05, 3.63) is 12.2 Å². The molecule has 0 amide bonds. The SMILES string of the molecule is CCCC(C)CC=CCN(C)C. The molecule has 0 spiro atoms. The first kappa shape index (κ1) is 11.7. The first-order chi connectivity index (χ1) is 5.66. The first-order valence-corrected chi connectivity index (χ1v) is 4.96. The van der Waals surface area contributed by atoms with Crippen molar-refractivity contribution < 1.29 is 0 Å². The van der Waals surface area contributed by atoms with Gasteiger partial charge in [0.15, 0.2) is 0 Å². The highest BCUT2D eigenvalue weighted by Gasteiger charge is 1.95. The molecule has 1 heteroatoms. The van der Waals surface area contributed by atoms with Crippen LogP contribution in [0.5, 0.6) is 0 Å². The largest absolute Gasteiger partial charge is 0.306 e. The molecule has 0 heterocycles. The third-order valence-corrected chi connectivity index (χ3v) is 1.96. The summed E-state index contributed by atoms with van der Waals surface area (Å²) in [6.07, 6.45) is 8.46. The van der Waals surface area contributed by atoms with Crippen molar-refractivity contribution in [1.82, 2.24) is 4.90 Å². The minimum atomic E-state index is 0.855. The smallest absolute Gasteiger partial charge is 0.0157 e. The van der Waals surface area contributed by atoms with Crippen molar-refractivity contribution in [2.45, 2.75) is 33.1 Å². The molecule has 0 radical (unpaired) electrons. The molecule has 12 heavy (non-hydrogen) atoms. The average Bonchev–Trinajstić information content (AvgIpc) is 1.98. The Bertz CT molecular complexity index is 116. The molecule has 0 aromatic rings. The highest BCUT2D eigenvalue weighted by Crippen LogP contribution is 2.09. The Morgan fingerprint density at radius 1 is 1.25 bits per heavy atom. The van der Waals surface area contributed by atoms with Gasteiger partial charge in [0.2, 0.25) is 0 Å². The third kappa shape index (κ3) is 7.80. The Morgan fingerprint density at radius 2 is 1.92 bits per heavy atom. The zero-order valence-corrected chi connectivity index (χ0v) is 9.01. The van der Waals surface area contributed by atoms with Crippen LogP contribution in [0.15, 0.2) is 12.2 Å². The summed E-state index contributed by atoms with van der Waals surface area (Å²) in [6.45, 7) is 5.64. The lowest BCUT2D eigenvalue weighted by Crippen LogP contribution is -2.10. The van der Waals surface area contributed by atoms with E-state index in [1.807, 2.05) is 0 Å². The standard InChI is InChI=1S/C11H23N/c1-5-8-11(2)9-6-7-10-12(3)4/h6-7,11H,5,8-10H2,1-4H3. The molecule has 0 saturated carbocycles. The van der Waals surface area contributed by atoms with Crippen molar-refractivity contribution in [2.75, 3.05) is 20.6 Å². The normalized spacial score (nSPS) is 14.4. The Kier molecular flexibility index (Phi) is 7.17. The quantitative estimate of drug-likeness (QED) is 0.553. The molecule has 1 unspecified atom stereocenters. The maximum atomic E-state index is 2.32. The van der Waals surface area contributed by atoms with Gasteiger partial charge in [0.05, 0.1) is 0 Å². The minimum absolute atomic E-state index is 0.855. The van der Waals surface area contributed by atoms with E-state index in [4.69, 9.17) is 0 Å². The molecule has 0 aliphatic carbocycles. The summed E-state index contributed by atoms with van der Waals surface area (Å²) in [6, 6.07) is 0. The van der Waals surface area contributed by atoms with Crippen molar-refractivity contribution in [1.29, 1.82) is 0 Å². The van der Waals surface area contributed by atoms with Crippen molar-refractivity contribution in [2.24, 2.45) is 5.92 Å².